The number of carbonyl (C=O) groups excluding carboxylic acids is 1. The van der Waals surface area contributed by atoms with E-state index in [1.165, 1.54) is 17.0 Å². The van der Waals surface area contributed by atoms with Crippen LogP contribution in [0, 0.1) is 5.82 Å². The number of aromatic nitrogens is 3. The monoisotopic (exact) mass is 381 g/mol. The molecule has 2 aromatic heterocycles. The quantitative estimate of drug-likeness (QED) is 0.710. The number of Topliss-reactive ketones (excluding diaryl/α,β-unsaturated/α-hetero) is 1. The Labute approximate surface area is 158 Å². The largest absolute Gasteiger partial charge is 0.366 e. The number of carbonyl (C=O) groups is 1. The van der Waals surface area contributed by atoms with Crippen LogP contribution in [-0.2, 0) is 4.79 Å². The van der Waals surface area contributed by atoms with Crippen molar-refractivity contribution in [2.45, 2.75) is 24.8 Å². The highest BCUT2D eigenvalue weighted by Crippen LogP contribution is 2.44. The Kier molecular flexibility index (Phi) is 3.61. The molecule has 0 saturated heterocycles. The molecule has 3 N–H and O–H groups in total. The molecular formula is C19H16FN5OS. The highest BCUT2D eigenvalue weighted by atomic mass is 32.1. The Bertz CT molecular complexity index is 1070. The summed E-state index contributed by atoms with van der Waals surface area (Å²) in [6.07, 6.45) is 1.12. The number of hydrogen-bond acceptors (Lipinski definition) is 6. The van der Waals surface area contributed by atoms with E-state index >= 15 is 0 Å². The first-order valence-corrected chi connectivity index (χ1v) is 9.52. The van der Waals surface area contributed by atoms with Gasteiger partial charge in [-0.3, -0.25) is 4.79 Å². The maximum atomic E-state index is 13.9. The van der Waals surface area contributed by atoms with Crippen molar-refractivity contribution in [3.8, 4) is 0 Å². The summed E-state index contributed by atoms with van der Waals surface area (Å²) in [6, 6.07) is 9.76. The molecule has 2 unspecified atom stereocenters. The van der Waals surface area contributed by atoms with Crippen LogP contribution in [-0.4, -0.2) is 20.5 Å². The molecule has 0 radical (unpaired) electrons. The molecule has 1 aliphatic heterocycles. The minimum Gasteiger partial charge on any atom is -0.366 e. The predicted molar refractivity (Wildman–Crippen MR) is 101 cm³/mol. The molecule has 136 valence electrons. The first kappa shape index (κ1) is 16.2. The van der Waals surface area contributed by atoms with Crippen LogP contribution in [0.2, 0.25) is 0 Å². The third-order valence-electron chi connectivity index (χ3n) is 5.05. The summed E-state index contributed by atoms with van der Waals surface area (Å²) in [6.45, 7) is 0. The van der Waals surface area contributed by atoms with Crippen LogP contribution in [0.3, 0.4) is 0 Å². The molecule has 0 amide bonds. The summed E-state index contributed by atoms with van der Waals surface area (Å²) in [5.74, 6) is 0.392. The van der Waals surface area contributed by atoms with Gasteiger partial charge in [-0.2, -0.15) is 4.98 Å². The number of nitrogen functional groups attached to an aromatic ring is 1. The topological polar surface area (TPSA) is 85.8 Å². The molecule has 0 fully saturated rings. The van der Waals surface area contributed by atoms with E-state index in [1.54, 1.807) is 28.2 Å². The van der Waals surface area contributed by atoms with Gasteiger partial charge in [0.1, 0.15) is 11.9 Å². The lowest BCUT2D eigenvalue weighted by Gasteiger charge is -2.34. The molecule has 6 nitrogen and oxygen atoms in total. The van der Waals surface area contributed by atoms with E-state index in [4.69, 9.17) is 5.73 Å². The molecule has 3 aromatic rings. The van der Waals surface area contributed by atoms with Gasteiger partial charge >= 0.3 is 0 Å². The zero-order chi connectivity index (χ0) is 18.5. The van der Waals surface area contributed by atoms with Crippen molar-refractivity contribution in [3.05, 3.63) is 69.3 Å². The first-order valence-electron chi connectivity index (χ1n) is 8.64. The summed E-state index contributed by atoms with van der Waals surface area (Å²) in [5.41, 5.74) is 7.88. The number of ketones is 1. The fourth-order valence-electron chi connectivity index (χ4n) is 3.94. The van der Waals surface area contributed by atoms with Crippen molar-refractivity contribution < 1.29 is 9.18 Å². The number of halogens is 1. The van der Waals surface area contributed by atoms with Gasteiger partial charge in [0.15, 0.2) is 5.78 Å². The number of thiophene rings is 1. The minimum absolute atomic E-state index is 0.0381. The summed E-state index contributed by atoms with van der Waals surface area (Å²) in [7, 11) is 0. The van der Waals surface area contributed by atoms with Crippen molar-refractivity contribution in [2.75, 3.05) is 11.1 Å². The summed E-state index contributed by atoms with van der Waals surface area (Å²) in [4.78, 5) is 18.6. The number of nitrogens with zero attached hydrogens (tertiary/aromatic N) is 3. The summed E-state index contributed by atoms with van der Waals surface area (Å²) < 4.78 is 15.5. The second-order valence-corrected chi connectivity index (χ2v) is 7.74. The Morgan fingerprint density at radius 2 is 2.15 bits per heavy atom. The number of rotatable bonds is 2. The van der Waals surface area contributed by atoms with Gasteiger partial charge in [-0.05, 0) is 35.6 Å². The number of anilines is 2. The fourth-order valence-corrected chi connectivity index (χ4v) is 4.77. The highest BCUT2D eigenvalue weighted by Gasteiger charge is 2.39. The third kappa shape index (κ3) is 2.64. The molecule has 27 heavy (non-hydrogen) atoms. The van der Waals surface area contributed by atoms with Crippen molar-refractivity contribution >= 4 is 29.0 Å². The lowest BCUT2D eigenvalue weighted by Crippen LogP contribution is -2.33. The van der Waals surface area contributed by atoms with Gasteiger partial charge in [0.25, 0.3) is 0 Å². The summed E-state index contributed by atoms with van der Waals surface area (Å²) >= 11 is 1.65. The second-order valence-electron chi connectivity index (χ2n) is 6.76. The van der Waals surface area contributed by atoms with Crippen molar-refractivity contribution in [1.29, 1.82) is 0 Å². The van der Waals surface area contributed by atoms with Crippen LogP contribution in [0.5, 0.6) is 0 Å². The first-order chi connectivity index (χ1) is 13.1. The molecule has 2 atom stereocenters. The fraction of sp³-hybridized carbons (Fsp3) is 0.211. The lowest BCUT2D eigenvalue weighted by molar-refractivity contribution is -0.116. The van der Waals surface area contributed by atoms with E-state index in [1.807, 2.05) is 11.4 Å². The number of nitrogens with two attached hydrogens (primary N) is 1. The number of nitrogens with one attached hydrogen (secondary N) is 1. The zero-order valence-electron chi connectivity index (χ0n) is 14.2. The Hall–Kier alpha value is -3.00. The normalized spacial score (nSPS) is 21.6. The van der Waals surface area contributed by atoms with Crippen molar-refractivity contribution in [2.24, 2.45) is 0 Å². The molecule has 0 saturated carbocycles. The molecule has 0 spiro atoms. The maximum Gasteiger partial charge on any atom is 0.241 e. The smallest absolute Gasteiger partial charge is 0.241 e. The number of allylic oxidation sites excluding steroid dienone is 2. The van der Waals surface area contributed by atoms with E-state index in [0.717, 1.165) is 5.70 Å². The van der Waals surface area contributed by atoms with Crippen molar-refractivity contribution in [3.63, 3.8) is 0 Å². The minimum atomic E-state index is -0.534. The Balaban J connectivity index is 1.65. The highest BCUT2D eigenvalue weighted by molar-refractivity contribution is 7.10. The van der Waals surface area contributed by atoms with Crippen LogP contribution >= 0.6 is 11.3 Å². The molecule has 0 bridgehead atoms. The van der Waals surface area contributed by atoms with Crippen LogP contribution in [0.4, 0.5) is 16.3 Å². The average molecular weight is 381 g/mol. The SMILES string of the molecule is Nc1nc2n(n1)C(c1cccc(F)c1)C1=C(CC(c3cccs3)CC1=O)N2. The molecule has 8 heteroatoms. The van der Waals surface area contributed by atoms with Gasteiger partial charge in [0.2, 0.25) is 11.9 Å². The van der Waals surface area contributed by atoms with Gasteiger partial charge in [0.05, 0.1) is 0 Å². The molecular weight excluding hydrogens is 365 g/mol. The molecule has 2 aliphatic rings. The van der Waals surface area contributed by atoms with Gasteiger partial charge < -0.3 is 11.1 Å². The Morgan fingerprint density at radius 1 is 1.26 bits per heavy atom. The number of fused-ring (bicyclic) bond motifs is 1. The Morgan fingerprint density at radius 3 is 2.93 bits per heavy atom. The second kappa shape index (κ2) is 6.02. The van der Waals surface area contributed by atoms with Crippen molar-refractivity contribution in [1.82, 2.24) is 14.8 Å². The number of benzene rings is 1. The third-order valence-corrected chi connectivity index (χ3v) is 6.08. The van der Waals surface area contributed by atoms with E-state index in [0.29, 0.717) is 29.9 Å². The average Bonchev–Trinajstić information content (AvgIpc) is 3.28. The summed E-state index contributed by atoms with van der Waals surface area (Å²) in [5, 5.41) is 9.50. The maximum absolute atomic E-state index is 13.9. The lowest BCUT2D eigenvalue weighted by atomic mass is 9.80. The van der Waals surface area contributed by atoms with Gasteiger partial charge in [-0.15, -0.1) is 16.4 Å². The van der Waals surface area contributed by atoms with Crippen LogP contribution in [0.15, 0.2) is 53.0 Å². The number of hydrogen-bond donors (Lipinski definition) is 2. The van der Waals surface area contributed by atoms with E-state index < -0.39 is 6.04 Å². The molecule has 1 aliphatic carbocycles. The van der Waals surface area contributed by atoms with Gasteiger partial charge in [0, 0.05) is 28.5 Å². The van der Waals surface area contributed by atoms with Crippen LogP contribution in [0.25, 0.3) is 0 Å². The van der Waals surface area contributed by atoms with E-state index in [-0.39, 0.29) is 23.5 Å². The molecule has 3 heterocycles. The van der Waals surface area contributed by atoms with Gasteiger partial charge in [-0.25, -0.2) is 9.07 Å². The van der Waals surface area contributed by atoms with Gasteiger partial charge in [-0.1, -0.05) is 18.2 Å². The predicted octanol–water partition coefficient (Wildman–Crippen LogP) is 3.48. The van der Waals surface area contributed by atoms with E-state index in [2.05, 4.69) is 21.5 Å². The van der Waals surface area contributed by atoms with Crippen LogP contribution in [0.1, 0.15) is 35.2 Å². The standard InChI is InChI=1S/C19H16FN5OS/c20-12-4-1-3-10(7-12)17-16-13(22-19-23-18(21)24-25(17)19)8-11(9-14(16)26)15-5-2-6-27-15/h1-7,11,17H,8-9H2,(H3,21,22,23,24). The van der Waals surface area contributed by atoms with Crippen LogP contribution < -0.4 is 11.1 Å². The van der Waals surface area contributed by atoms with E-state index in [9.17, 15) is 9.18 Å². The molecule has 5 rings (SSSR count). The molecule has 1 aromatic carbocycles. The zero-order valence-corrected chi connectivity index (χ0v) is 15.0.